The van der Waals surface area contributed by atoms with Crippen LogP contribution in [-0.4, -0.2) is 10.7 Å². The minimum Gasteiger partial charge on any atom is -0.354 e. The van der Waals surface area contributed by atoms with Gasteiger partial charge in [0.25, 0.3) is 0 Å². The Labute approximate surface area is 212 Å². The van der Waals surface area contributed by atoms with E-state index in [1.54, 1.807) is 12.1 Å². The van der Waals surface area contributed by atoms with E-state index in [0.717, 1.165) is 44.7 Å². The number of halogens is 3. The Morgan fingerprint density at radius 3 is 2.37 bits per heavy atom. The number of fused-ring (bicyclic) bond motifs is 1. The number of nitrogens with zero attached hydrogens (tertiary/aromatic N) is 2. The van der Waals surface area contributed by atoms with Crippen molar-refractivity contribution < 1.29 is 4.39 Å². The highest BCUT2D eigenvalue weighted by molar-refractivity contribution is 6.31. The van der Waals surface area contributed by atoms with Gasteiger partial charge in [0.1, 0.15) is 5.82 Å². The molecule has 0 bridgehead atoms. The standard InChI is InChI=1S/C29H20Cl2FN3/c30-20-13-10-18(11-14-20)27-17-26(34-35(27)21-6-2-1-3-7-21)28-22-8-4-5-9-25(22)33-29(28)19-12-15-24(32)23(31)16-19/h1-16,27,33H,17H2. The van der Waals surface area contributed by atoms with Gasteiger partial charge < -0.3 is 4.98 Å². The van der Waals surface area contributed by atoms with E-state index in [2.05, 4.69) is 40.3 Å². The molecule has 1 unspecified atom stereocenters. The molecule has 0 saturated heterocycles. The molecule has 6 rings (SSSR count). The van der Waals surface area contributed by atoms with Gasteiger partial charge in [-0.1, -0.05) is 71.7 Å². The van der Waals surface area contributed by atoms with Crippen LogP contribution < -0.4 is 5.01 Å². The summed E-state index contributed by atoms with van der Waals surface area (Å²) < 4.78 is 13.9. The van der Waals surface area contributed by atoms with Crippen LogP contribution in [0.15, 0.2) is 102 Å². The molecule has 5 aromatic rings. The Kier molecular flexibility index (Phi) is 5.56. The van der Waals surface area contributed by atoms with Gasteiger partial charge in [0.2, 0.25) is 0 Å². The molecular formula is C29H20Cl2FN3. The number of nitrogens with one attached hydrogen (secondary N) is 1. The number of hydrogen-bond donors (Lipinski definition) is 1. The Morgan fingerprint density at radius 2 is 1.60 bits per heavy atom. The van der Waals surface area contributed by atoms with Crippen molar-refractivity contribution in [2.75, 3.05) is 5.01 Å². The van der Waals surface area contributed by atoms with Crippen LogP contribution >= 0.6 is 23.2 Å². The first-order valence-corrected chi connectivity index (χ1v) is 12.1. The summed E-state index contributed by atoms with van der Waals surface area (Å²) in [5, 5.41) is 9.07. The van der Waals surface area contributed by atoms with Crippen LogP contribution in [0.1, 0.15) is 23.6 Å². The first-order chi connectivity index (χ1) is 17.1. The molecular weight excluding hydrogens is 480 g/mol. The van der Waals surface area contributed by atoms with Gasteiger partial charge >= 0.3 is 0 Å². The van der Waals surface area contributed by atoms with Gasteiger partial charge in [-0.15, -0.1) is 0 Å². The van der Waals surface area contributed by atoms with Crippen LogP contribution in [0.5, 0.6) is 0 Å². The van der Waals surface area contributed by atoms with E-state index >= 15 is 0 Å². The summed E-state index contributed by atoms with van der Waals surface area (Å²) in [5.74, 6) is -0.440. The number of benzene rings is 4. The Balaban J connectivity index is 1.53. The van der Waals surface area contributed by atoms with Crippen molar-refractivity contribution in [1.82, 2.24) is 4.98 Å². The van der Waals surface area contributed by atoms with Crippen molar-refractivity contribution in [2.24, 2.45) is 5.10 Å². The monoisotopic (exact) mass is 499 g/mol. The zero-order valence-electron chi connectivity index (χ0n) is 18.6. The lowest BCUT2D eigenvalue weighted by molar-refractivity contribution is 0.628. The third kappa shape index (κ3) is 3.99. The highest BCUT2D eigenvalue weighted by Gasteiger charge is 2.32. The highest BCUT2D eigenvalue weighted by atomic mass is 35.5. The lowest BCUT2D eigenvalue weighted by Crippen LogP contribution is -2.18. The normalized spacial score (nSPS) is 15.6. The average molecular weight is 500 g/mol. The maximum absolute atomic E-state index is 13.9. The molecule has 6 heteroatoms. The van der Waals surface area contributed by atoms with E-state index in [1.165, 1.54) is 6.07 Å². The molecule has 0 spiro atoms. The number of para-hydroxylation sites is 2. The van der Waals surface area contributed by atoms with Gasteiger partial charge in [0, 0.05) is 33.5 Å². The molecule has 4 aromatic carbocycles. The van der Waals surface area contributed by atoms with Crippen LogP contribution in [-0.2, 0) is 0 Å². The van der Waals surface area contributed by atoms with Gasteiger partial charge in [-0.25, -0.2) is 4.39 Å². The number of aromatic nitrogens is 1. The van der Waals surface area contributed by atoms with Crippen LogP contribution in [0.25, 0.3) is 22.2 Å². The number of aromatic amines is 1. The third-order valence-electron chi connectivity index (χ3n) is 6.39. The van der Waals surface area contributed by atoms with Crippen molar-refractivity contribution in [1.29, 1.82) is 0 Å². The van der Waals surface area contributed by atoms with E-state index in [1.807, 2.05) is 48.5 Å². The second-order valence-electron chi connectivity index (χ2n) is 8.55. The smallest absolute Gasteiger partial charge is 0.141 e. The van der Waals surface area contributed by atoms with Crippen LogP contribution in [0.4, 0.5) is 10.1 Å². The van der Waals surface area contributed by atoms with Crippen LogP contribution in [0.3, 0.4) is 0 Å². The lowest BCUT2D eigenvalue weighted by Gasteiger charge is -2.24. The third-order valence-corrected chi connectivity index (χ3v) is 6.93. The molecule has 0 amide bonds. The molecule has 0 radical (unpaired) electrons. The fourth-order valence-electron chi connectivity index (χ4n) is 4.73. The summed E-state index contributed by atoms with van der Waals surface area (Å²) in [4.78, 5) is 3.52. The van der Waals surface area contributed by atoms with Crippen molar-refractivity contribution in [3.8, 4) is 11.3 Å². The number of H-pyrrole nitrogens is 1. The maximum Gasteiger partial charge on any atom is 0.141 e. The zero-order valence-corrected chi connectivity index (χ0v) is 20.1. The number of anilines is 1. The molecule has 0 fully saturated rings. The predicted molar refractivity (Wildman–Crippen MR) is 143 cm³/mol. The molecule has 35 heavy (non-hydrogen) atoms. The van der Waals surface area contributed by atoms with Gasteiger partial charge in [-0.2, -0.15) is 5.10 Å². The van der Waals surface area contributed by atoms with E-state index < -0.39 is 5.82 Å². The van der Waals surface area contributed by atoms with E-state index in [0.29, 0.717) is 11.4 Å². The van der Waals surface area contributed by atoms with Crippen molar-refractivity contribution in [3.63, 3.8) is 0 Å². The second-order valence-corrected chi connectivity index (χ2v) is 9.39. The van der Waals surface area contributed by atoms with Gasteiger partial charge in [-0.3, -0.25) is 5.01 Å². The van der Waals surface area contributed by atoms with Crippen molar-refractivity contribution in [2.45, 2.75) is 12.5 Å². The molecule has 1 aromatic heterocycles. The zero-order chi connectivity index (χ0) is 23.9. The molecule has 1 N–H and O–H groups in total. The minimum atomic E-state index is -0.440. The summed E-state index contributed by atoms with van der Waals surface area (Å²) in [6.07, 6.45) is 0.695. The first kappa shape index (κ1) is 21.9. The lowest BCUT2D eigenvalue weighted by atomic mass is 9.95. The van der Waals surface area contributed by atoms with E-state index in [-0.39, 0.29) is 11.1 Å². The fraction of sp³-hybridized carbons (Fsp3) is 0.0690. The van der Waals surface area contributed by atoms with Gasteiger partial charge in [0.15, 0.2) is 0 Å². The Hall–Kier alpha value is -3.60. The maximum atomic E-state index is 13.9. The largest absolute Gasteiger partial charge is 0.354 e. The Morgan fingerprint density at radius 1 is 0.857 bits per heavy atom. The molecule has 1 aliphatic heterocycles. The van der Waals surface area contributed by atoms with Gasteiger partial charge in [0.05, 0.1) is 28.2 Å². The predicted octanol–water partition coefficient (Wildman–Crippen LogP) is 8.64. The van der Waals surface area contributed by atoms with Crippen LogP contribution in [0.2, 0.25) is 10.0 Å². The molecule has 1 aliphatic rings. The van der Waals surface area contributed by atoms with E-state index in [4.69, 9.17) is 28.3 Å². The first-order valence-electron chi connectivity index (χ1n) is 11.3. The van der Waals surface area contributed by atoms with Crippen LogP contribution in [0, 0.1) is 5.82 Å². The molecule has 1 atom stereocenters. The highest BCUT2D eigenvalue weighted by Crippen LogP contribution is 2.41. The SMILES string of the molecule is Fc1ccc(-c2[nH]c3ccccc3c2C2=NN(c3ccccc3)C(c3ccc(Cl)cc3)C2)cc1Cl. The topological polar surface area (TPSA) is 31.4 Å². The molecule has 172 valence electrons. The number of hydrazone groups is 1. The molecule has 2 heterocycles. The Bertz CT molecular complexity index is 1560. The molecule has 3 nitrogen and oxygen atoms in total. The number of rotatable bonds is 4. The summed E-state index contributed by atoms with van der Waals surface area (Å²) in [7, 11) is 0. The molecule has 0 saturated carbocycles. The summed E-state index contributed by atoms with van der Waals surface area (Å²) >= 11 is 12.3. The van der Waals surface area contributed by atoms with E-state index in [9.17, 15) is 4.39 Å². The van der Waals surface area contributed by atoms with Gasteiger partial charge in [-0.05, 0) is 54.1 Å². The number of hydrogen-bond acceptors (Lipinski definition) is 2. The minimum absolute atomic E-state index is 0.00276. The summed E-state index contributed by atoms with van der Waals surface area (Å²) in [5.41, 5.74) is 6.75. The van der Waals surface area contributed by atoms with Crippen molar-refractivity contribution in [3.05, 3.63) is 124 Å². The molecule has 0 aliphatic carbocycles. The van der Waals surface area contributed by atoms with Crippen molar-refractivity contribution >= 4 is 45.5 Å². The fourth-order valence-corrected chi connectivity index (χ4v) is 5.04. The second kappa shape index (κ2) is 8.88. The summed E-state index contributed by atoms with van der Waals surface area (Å²) in [6, 6.07) is 31.0. The quantitative estimate of drug-likeness (QED) is 0.263. The summed E-state index contributed by atoms with van der Waals surface area (Å²) in [6.45, 7) is 0. The average Bonchev–Trinajstić information content (AvgIpc) is 3.49.